The molecular weight excluding hydrogens is 218 g/mol. The van der Waals surface area contributed by atoms with E-state index in [4.69, 9.17) is 5.73 Å². The second-order valence-electron chi connectivity index (χ2n) is 4.62. The van der Waals surface area contributed by atoms with E-state index in [9.17, 15) is 0 Å². The first-order valence-corrected chi connectivity index (χ1v) is 6.25. The zero-order chi connectivity index (χ0) is 13.0. The normalized spacial score (nSPS) is 10.3. The lowest BCUT2D eigenvalue weighted by molar-refractivity contribution is 0.952. The molecule has 2 aromatic rings. The summed E-state index contributed by atoms with van der Waals surface area (Å²) < 4.78 is 0. The maximum Gasteiger partial charge on any atom is 0.0320 e. The first-order valence-electron chi connectivity index (χ1n) is 6.25. The zero-order valence-corrected chi connectivity index (χ0v) is 10.8. The van der Waals surface area contributed by atoms with Gasteiger partial charge in [0.25, 0.3) is 0 Å². The lowest BCUT2D eigenvalue weighted by Gasteiger charge is -2.12. The van der Waals surface area contributed by atoms with Gasteiger partial charge in [-0.3, -0.25) is 0 Å². The molecule has 2 aromatic carbocycles. The summed E-state index contributed by atoms with van der Waals surface area (Å²) in [4.78, 5) is 0. The van der Waals surface area contributed by atoms with Crippen LogP contribution in [0.25, 0.3) is 5.70 Å². The first-order chi connectivity index (χ1) is 8.68. The van der Waals surface area contributed by atoms with Gasteiger partial charge in [-0.1, -0.05) is 55.1 Å². The Morgan fingerprint density at radius 2 is 1.72 bits per heavy atom. The third-order valence-electron chi connectivity index (χ3n) is 3.21. The van der Waals surface area contributed by atoms with Crippen molar-refractivity contribution in [3.63, 3.8) is 0 Å². The predicted octanol–water partition coefficient (Wildman–Crippen LogP) is 3.71. The minimum Gasteiger partial charge on any atom is -0.399 e. The van der Waals surface area contributed by atoms with Crippen LogP contribution in [0.3, 0.4) is 0 Å². The molecule has 0 saturated carbocycles. The van der Waals surface area contributed by atoms with Gasteiger partial charge in [0.1, 0.15) is 0 Å². The molecule has 2 N–H and O–H groups in total. The molecule has 0 spiro atoms. The Kier molecular flexibility index (Phi) is 3.83. The fourth-order valence-electron chi connectivity index (χ4n) is 2.32. The molecular formula is C17H19N. The Balaban J connectivity index is 2.20. The Morgan fingerprint density at radius 1 is 1.00 bits per heavy atom. The Labute approximate surface area is 109 Å². The van der Waals surface area contributed by atoms with Gasteiger partial charge in [0.2, 0.25) is 0 Å². The molecule has 92 valence electrons. The minimum absolute atomic E-state index is 0.663. The summed E-state index contributed by atoms with van der Waals surface area (Å²) in [6.45, 7) is 5.96. The van der Waals surface area contributed by atoms with Crippen LogP contribution < -0.4 is 5.73 Å². The van der Waals surface area contributed by atoms with Gasteiger partial charge >= 0.3 is 0 Å². The zero-order valence-electron chi connectivity index (χ0n) is 10.8. The first kappa shape index (κ1) is 12.4. The summed E-state index contributed by atoms with van der Waals surface area (Å²) >= 11 is 0. The van der Waals surface area contributed by atoms with E-state index in [1.165, 1.54) is 16.7 Å². The minimum atomic E-state index is 0.663. The van der Waals surface area contributed by atoms with Crippen molar-refractivity contribution in [2.45, 2.75) is 19.8 Å². The molecule has 0 heterocycles. The van der Waals surface area contributed by atoms with Crippen LogP contribution in [0.4, 0.5) is 0 Å². The average molecular weight is 237 g/mol. The highest BCUT2D eigenvalue weighted by Crippen LogP contribution is 2.20. The molecule has 0 unspecified atom stereocenters. The van der Waals surface area contributed by atoms with E-state index >= 15 is 0 Å². The molecule has 0 aliphatic heterocycles. The van der Waals surface area contributed by atoms with E-state index in [1.807, 2.05) is 6.07 Å². The van der Waals surface area contributed by atoms with Gasteiger partial charge in [-0.2, -0.15) is 0 Å². The van der Waals surface area contributed by atoms with E-state index in [1.54, 1.807) is 0 Å². The van der Waals surface area contributed by atoms with Crippen molar-refractivity contribution in [3.8, 4) is 0 Å². The van der Waals surface area contributed by atoms with Crippen LogP contribution >= 0.6 is 0 Å². The summed E-state index contributed by atoms with van der Waals surface area (Å²) in [5, 5.41) is 0. The quantitative estimate of drug-likeness (QED) is 0.862. The van der Waals surface area contributed by atoms with Crippen LogP contribution in [0.5, 0.6) is 0 Å². The van der Waals surface area contributed by atoms with Gasteiger partial charge < -0.3 is 5.73 Å². The third-order valence-corrected chi connectivity index (χ3v) is 3.21. The van der Waals surface area contributed by atoms with Crippen molar-refractivity contribution in [2.75, 3.05) is 0 Å². The van der Waals surface area contributed by atoms with Crippen LogP contribution in [-0.2, 0) is 12.8 Å². The SMILES string of the molecule is C=C(N)c1c(C)cccc1CCc1ccccc1. The van der Waals surface area contributed by atoms with Gasteiger partial charge in [0, 0.05) is 11.3 Å². The molecule has 2 rings (SSSR count). The van der Waals surface area contributed by atoms with E-state index in [2.05, 4.69) is 56.0 Å². The Morgan fingerprint density at radius 3 is 2.39 bits per heavy atom. The highest BCUT2D eigenvalue weighted by atomic mass is 14.6. The van der Waals surface area contributed by atoms with E-state index < -0.39 is 0 Å². The summed E-state index contributed by atoms with van der Waals surface area (Å²) in [7, 11) is 0. The average Bonchev–Trinajstić information content (AvgIpc) is 2.37. The van der Waals surface area contributed by atoms with Crippen molar-refractivity contribution >= 4 is 5.70 Å². The molecule has 0 aromatic heterocycles. The Hall–Kier alpha value is -2.02. The van der Waals surface area contributed by atoms with Crippen molar-refractivity contribution in [1.82, 2.24) is 0 Å². The fourth-order valence-corrected chi connectivity index (χ4v) is 2.32. The van der Waals surface area contributed by atoms with Gasteiger partial charge in [-0.25, -0.2) is 0 Å². The molecule has 0 atom stereocenters. The van der Waals surface area contributed by atoms with E-state index in [0.29, 0.717) is 5.70 Å². The Bertz CT molecular complexity index is 541. The number of nitrogens with two attached hydrogens (primary N) is 1. The number of aryl methyl sites for hydroxylation is 3. The molecule has 18 heavy (non-hydrogen) atoms. The summed E-state index contributed by atoms with van der Waals surface area (Å²) in [5.41, 5.74) is 11.5. The van der Waals surface area contributed by atoms with Crippen molar-refractivity contribution in [3.05, 3.63) is 77.4 Å². The van der Waals surface area contributed by atoms with E-state index in [0.717, 1.165) is 18.4 Å². The summed E-state index contributed by atoms with van der Waals surface area (Å²) in [6.07, 6.45) is 2.03. The lowest BCUT2D eigenvalue weighted by Crippen LogP contribution is -2.03. The van der Waals surface area contributed by atoms with Crippen LogP contribution in [0.15, 0.2) is 55.1 Å². The highest BCUT2D eigenvalue weighted by Gasteiger charge is 2.06. The molecule has 0 radical (unpaired) electrons. The molecule has 0 aliphatic rings. The fraction of sp³-hybridized carbons (Fsp3) is 0.176. The molecule has 1 heteroatoms. The number of rotatable bonds is 4. The topological polar surface area (TPSA) is 26.0 Å². The lowest BCUT2D eigenvalue weighted by atomic mass is 9.95. The largest absolute Gasteiger partial charge is 0.399 e. The summed E-state index contributed by atoms with van der Waals surface area (Å²) in [5.74, 6) is 0. The molecule has 0 fully saturated rings. The van der Waals surface area contributed by atoms with Crippen LogP contribution in [0, 0.1) is 6.92 Å². The maximum absolute atomic E-state index is 5.89. The molecule has 0 bridgehead atoms. The summed E-state index contributed by atoms with van der Waals surface area (Å²) in [6, 6.07) is 16.8. The third kappa shape index (κ3) is 2.80. The van der Waals surface area contributed by atoms with Gasteiger partial charge in [0.15, 0.2) is 0 Å². The second kappa shape index (κ2) is 5.54. The van der Waals surface area contributed by atoms with Crippen LogP contribution in [-0.4, -0.2) is 0 Å². The second-order valence-corrected chi connectivity index (χ2v) is 4.62. The number of hydrogen-bond acceptors (Lipinski definition) is 1. The molecule has 0 saturated heterocycles. The van der Waals surface area contributed by atoms with Crippen LogP contribution in [0.1, 0.15) is 22.3 Å². The van der Waals surface area contributed by atoms with Crippen LogP contribution in [0.2, 0.25) is 0 Å². The molecule has 0 aliphatic carbocycles. The molecule has 1 nitrogen and oxygen atoms in total. The van der Waals surface area contributed by atoms with Crippen molar-refractivity contribution < 1.29 is 0 Å². The van der Waals surface area contributed by atoms with Gasteiger partial charge in [-0.15, -0.1) is 0 Å². The highest BCUT2D eigenvalue weighted by molar-refractivity contribution is 5.66. The number of hydrogen-bond donors (Lipinski definition) is 1. The smallest absolute Gasteiger partial charge is 0.0320 e. The van der Waals surface area contributed by atoms with Gasteiger partial charge in [-0.05, 0) is 36.5 Å². The van der Waals surface area contributed by atoms with Gasteiger partial charge in [0.05, 0.1) is 0 Å². The monoisotopic (exact) mass is 237 g/mol. The number of benzene rings is 2. The maximum atomic E-state index is 5.89. The van der Waals surface area contributed by atoms with Crippen molar-refractivity contribution in [1.29, 1.82) is 0 Å². The molecule has 0 amide bonds. The van der Waals surface area contributed by atoms with E-state index in [-0.39, 0.29) is 0 Å². The predicted molar refractivity (Wildman–Crippen MR) is 78.3 cm³/mol. The van der Waals surface area contributed by atoms with Crippen molar-refractivity contribution in [2.24, 2.45) is 5.73 Å². The standard InChI is InChI=1S/C17H19N/c1-13-7-6-10-16(17(13)14(2)18)12-11-15-8-4-3-5-9-15/h3-10H,2,11-12,18H2,1H3.